The van der Waals surface area contributed by atoms with E-state index < -0.39 is 5.82 Å². The molecular weight excluding hydrogens is 273 g/mol. The zero-order valence-electron chi connectivity index (χ0n) is 11.2. The molecule has 0 radical (unpaired) electrons. The van der Waals surface area contributed by atoms with Gasteiger partial charge in [-0.1, -0.05) is 12.1 Å². The van der Waals surface area contributed by atoms with Crippen molar-refractivity contribution in [2.75, 3.05) is 18.4 Å². The fourth-order valence-corrected chi connectivity index (χ4v) is 1.82. The summed E-state index contributed by atoms with van der Waals surface area (Å²) in [6.07, 6.45) is 1.48. The number of aromatic nitrogens is 2. The van der Waals surface area contributed by atoms with Crippen molar-refractivity contribution >= 4 is 5.69 Å². The molecule has 21 heavy (non-hydrogen) atoms. The van der Waals surface area contributed by atoms with Crippen molar-refractivity contribution in [1.82, 2.24) is 9.78 Å². The highest BCUT2D eigenvalue weighted by atomic mass is 19.1. The van der Waals surface area contributed by atoms with Crippen molar-refractivity contribution < 1.29 is 4.39 Å². The number of nitrogens with one attached hydrogen (secondary N) is 1. The van der Waals surface area contributed by atoms with Crippen molar-refractivity contribution in [3.8, 4) is 6.07 Å². The molecule has 0 saturated heterocycles. The van der Waals surface area contributed by atoms with Crippen LogP contribution in [-0.2, 0) is 6.54 Å². The molecule has 0 atom stereocenters. The van der Waals surface area contributed by atoms with Crippen LogP contribution in [-0.4, -0.2) is 22.9 Å². The standard InChI is InChI=1S/C14H14FN5O/c15-14-10(7-17)2-1-3-11(14)9-20-13(21)6-12(8-19-20)18-5-4-16/h1-3,6,8,18H,4-5,9,16H2. The van der Waals surface area contributed by atoms with E-state index in [-0.39, 0.29) is 23.2 Å². The highest BCUT2D eigenvalue weighted by Gasteiger charge is 2.09. The molecule has 2 rings (SSSR count). The first-order valence-corrected chi connectivity index (χ1v) is 6.34. The van der Waals surface area contributed by atoms with E-state index in [1.54, 1.807) is 12.1 Å². The van der Waals surface area contributed by atoms with Crippen LogP contribution in [0.3, 0.4) is 0 Å². The molecule has 1 aromatic carbocycles. The van der Waals surface area contributed by atoms with Crippen LogP contribution in [0, 0.1) is 17.1 Å². The van der Waals surface area contributed by atoms with Crippen LogP contribution in [0.25, 0.3) is 0 Å². The Morgan fingerprint density at radius 1 is 1.48 bits per heavy atom. The summed E-state index contributed by atoms with van der Waals surface area (Å²) >= 11 is 0. The molecule has 0 saturated carbocycles. The van der Waals surface area contributed by atoms with Gasteiger partial charge in [-0.05, 0) is 6.07 Å². The summed E-state index contributed by atoms with van der Waals surface area (Å²) in [7, 11) is 0. The predicted molar refractivity (Wildman–Crippen MR) is 76.3 cm³/mol. The Kier molecular flexibility index (Phi) is 4.64. The molecule has 1 aromatic heterocycles. The number of rotatable bonds is 5. The topological polar surface area (TPSA) is 96.7 Å². The van der Waals surface area contributed by atoms with Crippen LogP contribution in [0.2, 0.25) is 0 Å². The van der Waals surface area contributed by atoms with Crippen molar-refractivity contribution in [2.45, 2.75) is 6.54 Å². The molecule has 0 amide bonds. The van der Waals surface area contributed by atoms with Gasteiger partial charge in [0.15, 0.2) is 0 Å². The maximum absolute atomic E-state index is 13.9. The summed E-state index contributed by atoms with van der Waals surface area (Å²) in [4.78, 5) is 11.9. The Balaban J connectivity index is 2.25. The molecule has 0 unspecified atom stereocenters. The molecule has 1 heterocycles. The summed E-state index contributed by atoms with van der Waals surface area (Å²) in [5.41, 5.74) is 5.74. The zero-order valence-corrected chi connectivity index (χ0v) is 11.2. The van der Waals surface area contributed by atoms with Gasteiger partial charge in [-0.3, -0.25) is 4.79 Å². The van der Waals surface area contributed by atoms with Crippen LogP contribution >= 0.6 is 0 Å². The molecule has 0 aliphatic rings. The molecular formula is C14H14FN5O. The van der Waals surface area contributed by atoms with Gasteiger partial charge in [0, 0.05) is 24.7 Å². The second kappa shape index (κ2) is 6.63. The number of benzene rings is 1. The third-order valence-corrected chi connectivity index (χ3v) is 2.86. The van der Waals surface area contributed by atoms with Gasteiger partial charge in [0.05, 0.1) is 24.0 Å². The van der Waals surface area contributed by atoms with Crippen LogP contribution in [0.1, 0.15) is 11.1 Å². The Morgan fingerprint density at radius 3 is 2.95 bits per heavy atom. The number of halogens is 1. The molecule has 7 heteroatoms. The highest BCUT2D eigenvalue weighted by Crippen LogP contribution is 2.12. The maximum atomic E-state index is 13.9. The van der Waals surface area contributed by atoms with E-state index in [1.807, 2.05) is 0 Å². The van der Waals surface area contributed by atoms with Gasteiger partial charge in [0.2, 0.25) is 0 Å². The lowest BCUT2D eigenvalue weighted by molar-refractivity contribution is 0.570. The Labute approximate surface area is 120 Å². The quantitative estimate of drug-likeness (QED) is 0.842. The minimum absolute atomic E-state index is 0.0304. The van der Waals surface area contributed by atoms with Crippen LogP contribution < -0.4 is 16.6 Å². The van der Waals surface area contributed by atoms with E-state index >= 15 is 0 Å². The molecule has 108 valence electrons. The van der Waals surface area contributed by atoms with E-state index in [9.17, 15) is 9.18 Å². The van der Waals surface area contributed by atoms with Crippen molar-refractivity contribution in [3.63, 3.8) is 0 Å². The fourth-order valence-electron chi connectivity index (χ4n) is 1.82. The number of nitrogens with two attached hydrogens (primary N) is 1. The molecule has 0 spiro atoms. The van der Waals surface area contributed by atoms with Crippen LogP contribution in [0.15, 0.2) is 35.3 Å². The third-order valence-electron chi connectivity index (χ3n) is 2.86. The molecule has 0 aliphatic heterocycles. The molecule has 0 fully saturated rings. The average molecular weight is 287 g/mol. The van der Waals surface area contributed by atoms with Gasteiger partial charge < -0.3 is 11.1 Å². The number of hydrogen-bond donors (Lipinski definition) is 2. The number of nitrogens with zero attached hydrogens (tertiary/aromatic N) is 3. The highest BCUT2D eigenvalue weighted by molar-refractivity contribution is 5.39. The molecule has 0 aliphatic carbocycles. The predicted octanol–water partition coefficient (Wildman–Crippen LogP) is 0.673. The summed E-state index contributed by atoms with van der Waals surface area (Å²) in [5, 5.41) is 15.7. The lowest BCUT2D eigenvalue weighted by atomic mass is 10.1. The third kappa shape index (κ3) is 3.43. The lowest BCUT2D eigenvalue weighted by Crippen LogP contribution is -2.24. The second-order valence-corrected chi connectivity index (χ2v) is 4.35. The second-order valence-electron chi connectivity index (χ2n) is 4.35. The van der Waals surface area contributed by atoms with Crippen molar-refractivity contribution in [3.05, 3.63) is 57.8 Å². The lowest BCUT2D eigenvalue weighted by Gasteiger charge is -2.08. The first kappa shape index (κ1) is 14.7. The first-order valence-electron chi connectivity index (χ1n) is 6.34. The van der Waals surface area contributed by atoms with E-state index in [2.05, 4.69) is 10.4 Å². The van der Waals surface area contributed by atoms with E-state index in [1.165, 1.54) is 24.4 Å². The van der Waals surface area contributed by atoms with Gasteiger partial charge in [0.25, 0.3) is 5.56 Å². The van der Waals surface area contributed by atoms with Gasteiger partial charge in [-0.25, -0.2) is 9.07 Å². The smallest absolute Gasteiger partial charge is 0.269 e. The summed E-state index contributed by atoms with van der Waals surface area (Å²) in [6.45, 7) is 0.941. The average Bonchev–Trinajstić information content (AvgIpc) is 2.49. The van der Waals surface area contributed by atoms with E-state index in [4.69, 9.17) is 11.0 Å². The Hall–Kier alpha value is -2.72. The van der Waals surface area contributed by atoms with Crippen LogP contribution in [0.4, 0.5) is 10.1 Å². The van der Waals surface area contributed by atoms with Gasteiger partial charge in [0.1, 0.15) is 11.9 Å². The monoisotopic (exact) mass is 287 g/mol. The molecule has 6 nitrogen and oxygen atoms in total. The molecule has 0 bridgehead atoms. The van der Waals surface area contributed by atoms with Crippen molar-refractivity contribution in [2.24, 2.45) is 5.73 Å². The Bertz CT molecular complexity index is 735. The summed E-state index contributed by atoms with van der Waals surface area (Å²) < 4.78 is 15.1. The minimum atomic E-state index is -0.626. The molecule has 3 N–H and O–H groups in total. The number of nitriles is 1. The van der Waals surface area contributed by atoms with Gasteiger partial charge in [-0.2, -0.15) is 10.4 Å². The SMILES string of the molecule is N#Cc1cccc(Cn2ncc(NCCN)cc2=O)c1F. The normalized spacial score (nSPS) is 10.1. The number of hydrogen-bond acceptors (Lipinski definition) is 5. The Morgan fingerprint density at radius 2 is 2.29 bits per heavy atom. The summed E-state index contributed by atoms with van der Waals surface area (Å²) in [6, 6.07) is 7.60. The zero-order chi connectivity index (χ0) is 15.2. The first-order chi connectivity index (χ1) is 10.2. The minimum Gasteiger partial charge on any atom is -0.382 e. The van der Waals surface area contributed by atoms with Crippen LogP contribution in [0.5, 0.6) is 0 Å². The fraction of sp³-hybridized carbons (Fsp3) is 0.214. The molecule has 2 aromatic rings. The van der Waals surface area contributed by atoms with E-state index in [0.29, 0.717) is 18.8 Å². The van der Waals surface area contributed by atoms with E-state index in [0.717, 1.165) is 4.68 Å². The largest absolute Gasteiger partial charge is 0.382 e. The summed E-state index contributed by atoms with van der Waals surface area (Å²) in [5.74, 6) is -0.626. The van der Waals surface area contributed by atoms with Crippen molar-refractivity contribution in [1.29, 1.82) is 5.26 Å². The maximum Gasteiger partial charge on any atom is 0.269 e. The van der Waals surface area contributed by atoms with Gasteiger partial charge in [-0.15, -0.1) is 0 Å². The number of anilines is 1. The van der Waals surface area contributed by atoms with Gasteiger partial charge >= 0.3 is 0 Å².